The number of rotatable bonds is 0. The molecule has 0 atom stereocenters. The van der Waals surface area contributed by atoms with E-state index in [1.165, 1.54) is 0 Å². The Bertz CT molecular complexity index is 726. The Morgan fingerprint density at radius 3 is 0.962 bits per heavy atom. The predicted molar refractivity (Wildman–Crippen MR) is 111 cm³/mol. The molecule has 0 radical (unpaired) electrons. The van der Waals surface area contributed by atoms with Crippen molar-refractivity contribution in [2.24, 2.45) is 0 Å². The van der Waals surface area contributed by atoms with E-state index in [0.717, 1.165) is 6.92 Å². The highest BCUT2D eigenvalue weighted by atomic mass is 35.5. The van der Waals surface area contributed by atoms with Gasteiger partial charge in [-0.2, -0.15) is 0 Å². The number of carbonyl (C=O) groups is 1. The van der Waals surface area contributed by atoms with Gasteiger partial charge < -0.3 is 9.84 Å². The third-order valence-electron chi connectivity index (χ3n) is 2.46. The zero-order chi connectivity index (χ0) is 20.3. The Kier molecular flexibility index (Phi) is 9.55. The molecule has 0 amide bonds. The zero-order valence-corrected chi connectivity index (χ0v) is 19.0. The van der Waals surface area contributed by atoms with Gasteiger partial charge >= 0.3 is 0 Å². The lowest BCUT2D eigenvalue weighted by atomic mass is 10.2. The van der Waals surface area contributed by atoms with Gasteiger partial charge in [-0.05, 0) is 0 Å². The fourth-order valence-electron chi connectivity index (χ4n) is 1.35. The minimum absolute atomic E-state index is 0.109. The summed E-state index contributed by atoms with van der Waals surface area (Å²) in [5.74, 6) is 0.372. The van der Waals surface area contributed by atoms with E-state index in [-0.39, 0.29) is 30.1 Å². The molecule has 0 unspecified atom stereocenters. The second kappa shape index (κ2) is 10.2. The number of fused-ring (bicyclic) bond motifs is 2. The van der Waals surface area contributed by atoms with Crippen molar-refractivity contribution in [1.29, 1.82) is 0 Å². The molecule has 2 heterocycles. The molecule has 2 aliphatic rings. The summed E-state index contributed by atoms with van der Waals surface area (Å²) in [7, 11) is 0. The second-order valence-corrected chi connectivity index (χ2v) is 7.72. The quantitative estimate of drug-likeness (QED) is 0.228. The number of benzene rings is 2. The standard InChI is InChI=1S/C6Cl6.C6HCl3O.C2H4O2/c7-1-2(8)4(10)6(12)5(11)3(1)9;7-4-2-1-3(10-2)5(8)6(4)9;1-2(3)4/h;1H;1H3,(H,3,4). The molecule has 142 valence electrons. The van der Waals surface area contributed by atoms with Crippen molar-refractivity contribution in [2.45, 2.75) is 6.92 Å². The molecule has 2 bridgehead atoms. The largest absolute Gasteiger partial charge is 0.481 e. The molecule has 26 heavy (non-hydrogen) atoms. The monoisotopic (exact) mass is 536 g/mol. The van der Waals surface area contributed by atoms with Crippen LogP contribution in [0.2, 0.25) is 45.2 Å². The van der Waals surface area contributed by atoms with Gasteiger partial charge in [0.05, 0.1) is 35.2 Å². The normalized spacial score (nSPS) is 10.5. The zero-order valence-electron chi connectivity index (χ0n) is 12.2. The minimum Gasteiger partial charge on any atom is -0.481 e. The Labute approximate surface area is 193 Å². The molecule has 0 spiro atoms. The first-order valence-electron chi connectivity index (χ1n) is 6.11. The van der Waals surface area contributed by atoms with Crippen LogP contribution in [0.5, 0.6) is 11.5 Å². The number of hydrogen-bond donors (Lipinski definition) is 1. The third-order valence-corrected chi connectivity index (χ3v) is 6.63. The first-order chi connectivity index (χ1) is 11.9. The number of carboxylic acids is 1. The van der Waals surface area contributed by atoms with Crippen molar-refractivity contribution in [1.82, 2.24) is 0 Å². The van der Waals surface area contributed by atoms with Crippen LogP contribution in [0.4, 0.5) is 0 Å². The summed E-state index contributed by atoms with van der Waals surface area (Å²) >= 11 is 51.1. The van der Waals surface area contributed by atoms with E-state index in [1.807, 2.05) is 0 Å². The summed E-state index contributed by atoms with van der Waals surface area (Å²) in [5.41, 5.74) is 0. The predicted octanol–water partition coefficient (Wildman–Crippen LogP) is 9.45. The Morgan fingerprint density at radius 1 is 0.654 bits per heavy atom. The van der Waals surface area contributed by atoms with E-state index in [4.69, 9.17) is 119 Å². The Morgan fingerprint density at radius 2 is 0.808 bits per heavy atom. The molecule has 2 aromatic carbocycles. The van der Waals surface area contributed by atoms with Crippen LogP contribution in [-0.4, -0.2) is 11.1 Å². The summed E-state index contributed by atoms with van der Waals surface area (Å²) < 4.78 is 5.00. The van der Waals surface area contributed by atoms with Gasteiger partial charge in [0, 0.05) is 13.0 Å². The van der Waals surface area contributed by atoms with E-state index in [2.05, 4.69) is 0 Å². The first-order valence-corrected chi connectivity index (χ1v) is 9.52. The van der Waals surface area contributed by atoms with Crippen molar-refractivity contribution >= 4 is 110 Å². The van der Waals surface area contributed by atoms with E-state index in [0.29, 0.717) is 26.6 Å². The Hall–Kier alpha value is 0.320. The molecule has 2 aliphatic heterocycles. The van der Waals surface area contributed by atoms with Gasteiger partial charge in [0.25, 0.3) is 5.97 Å². The highest BCUT2D eigenvalue weighted by Crippen LogP contribution is 2.52. The highest BCUT2D eigenvalue weighted by Gasteiger charge is 2.24. The van der Waals surface area contributed by atoms with Crippen LogP contribution < -0.4 is 4.74 Å². The summed E-state index contributed by atoms with van der Waals surface area (Å²) in [6.45, 7) is 1.08. The average molecular weight is 540 g/mol. The van der Waals surface area contributed by atoms with Crippen LogP contribution in [0.3, 0.4) is 0 Å². The minimum atomic E-state index is -0.833. The van der Waals surface area contributed by atoms with Gasteiger partial charge in [-0.1, -0.05) is 104 Å². The highest BCUT2D eigenvalue weighted by molar-refractivity contribution is 6.59. The summed E-state index contributed by atoms with van der Waals surface area (Å²) in [6.07, 6.45) is 0. The summed E-state index contributed by atoms with van der Waals surface area (Å²) in [6, 6.07) is 1.75. The number of ether oxygens (including phenoxy) is 1. The lowest BCUT2D eigenvalue weighted by Crippen LogP contribution is -1.97. The topological polar surface area (TPSA) is 46.5 Å². The van der Waals surface area contributed by atoms with Gasteiger partial charge in [0.15, 0.2) is 11.5 Å². The van der Waals surface area contributed by atoms with Crippen LogP contribution in [0.15, 0.2) is 6.07 Å². The van der Waals surface area contributed by atoms with E-state index in [9.17, 15) is 0 Å². The molecule has 12 heteroatoms. The maximum Gasteiger partial charge on any atom is 0.300 e. The fraction of sp³-hybridized carbons (Fsp3) is 0.0714. The third kappa shape index (κ3) is 5.66. The first kappa shape index (κ1) is 24.4. The molecule has 4 rings (SSSR count). The van der Waals surface area contributed by atoms with E-state index in [1.54, 1.807) is 6.07 Å². The molecule has 0 aromatic heterocycles. The molecule has 3 nitrogen and oxygen atoms in total. The maximum atomic E-state index is 9.00. The van der Waals surface area contributed by atoms with Gasteiger partial charge in [-0.25, -0.2) is 0 Å². The SMILES string of the molecule is CC(=O)O.Clc1c(Cl)c(Cl)c(Cl)c(Cl)c1Cl.Clc1c2cc(c(Cl)c1Cl)O2. The van der Waals surface area contributed by atoms with Crippen LogP contribution in [-0.2, 0) is 4.79 Å². The van der Waals surface area contributed by atoms with E-state index < -0.39 is 5.97 Å². The molecule has 0 saturated heterocycles. The lowest BCUT2D eigenvalue weighted by molar-refractivity contribution is -0.134. The fourth-order valence-corrected chi connectivity index (χ4v) is 3.38. The number of carboxylic acid groups (broad SMARTS) is 1. The molecule has 1 N–H and O–H groups in total. The second-order valence-electron chi connectivity index (χ2n) is 4.32. The van der Waals surface area contributed by atoms with Gasteiger partial charge in [0.1, 0.15) is 10.0 Å². The molecule has 0 saturated carbocycles. The number of aliphatic carboxylic acids is 1. The van der Waals surface area contributed by atoms with Crippen LogP contribution in [0.1, 0.15) is 6.92 Å². The van der Waals surface area contributed by atoms with Crippen molar-refractivity contribution < 1.29 is 14.6 Å². The average Bonchev–Trinajstić information content (AvgIpc) is 2.53. The lowest BCUT2D eigenvalue weighted by Gasteiger charge is -2.20. The summed E-state index contributed by atoms with van der Waals surface area (Å²) in [4.78, 5) is 9.00. The van der Waals surface area contributed by atoms with Gasteiger partial charge in [-0.15, -0.1) is 0 Å². The molecular formula is C14H5Cl9O3. The van der Waals surface area contributed by atoms with Crippen molar-refractivity contribution in [2.75, 3.05) is 0 Å². The van der Waals surface area contributed by atoms with Gasteiger partial charge in [-0.3, -0.25) is 4.79 Å². The van der Waals surface area contributed by atoms with E-state index >= 15 is 0 Å². The van der Waals surface area contributed by atoms with Crippen LogP contribution in [0, 0.1) is 0 Å². The molecule has 0 fully saturated rings. The number of halogens is 9. The maximum absolute atomic E-state index is 9.00. The number of hydrogen-bond acceptors (Lipinski definition) is 2. The molecule has 0 aliphatic carbocycles. The van der Waals surface area contributed by atoms with Crippen molar-refractivity contribution in [3.8, 4) is 11.5 Å². The van der Waals surface area contributed by atoms with Crippen LogP contribution in [0.25, 0.3) is 0 Å². The van der Waals surface area contributed by atoms with Gasteiger partial charge in [0.2, 0.25) is 0 Å². The van der Waals surface area contributed by atoms with Crippen molar-refractivity contribution in [3.05, 3.63) is 51.3 Å². The smallest absolute Gasteiger partial charge is 0.300 e. The van der Waals surface area contributed by atoms with Crippen LogP contribution >= 0.6 is 104 Å². The summed E-state index contributed by atoms with van der Waals surface area (Å²) in [5, 5.41) is 9.23. The van der Waals surface area contributed by atoms with Crippen molar-refractivity contribution in [3.63, 3.8) is 0 Å². The Balaban J connectivity index is 0.000000219. The molecule has 2 aromatic rings. The molecular weight excluding hydrogens is 535 g/mol.